The summed E-state index contributed by atoms with van der Waals surface area (Å²) in [5.41, 5.74) is 6.57. The molecule has 6 nitrogen and oxygen atoms in total. The molecule has 0 spiro atoms. The van der Waals surface area contributed by atoms with Crippen LogP contribution in [0.3, 0.4) is 0 Å². The minimum atomic E-state index is -0.720. The lowest BCUT2D eigenvalue weighted by Gasteiger charge is -2.26. The predicted molar refractivity (Wildman–Crippen MR) is 124 cm³/mol. The van der Waals surface area contributed by atoms with Gasteiger partial charge >= 0.3 is 0 Å². The molecule has 0 radical (unpaired) electrons. The molecule has 4 N–H and O–H groups in total. The van der Waals surface area contributed by atoms with Gasteiger partial charge in [0.15, 0.2) is 0 Å². The minimum absolute atomic E-state index is 0.0783. The lowest BCUT2D eigenvalue weighted by molar-refractivity contribution is -0.130. The molecule has 0 fully saturated rings. The van der Waals surface area contributed by atoms with E-state index in [-0.39, 0.29) is 23.7 Å². The summed E-state index contributed by atoms with van der Waals surface area (Å²) in [7, 11) is 0. The maximum atomic E-state index is 12.8. The predicted octanol–water partition coefficient (Wildman–Crippen LogP) is 2.93. The number of nitrogens with two attached hydrogens (primary N) is 1. The molecule has 0 aliphatic heterocycles. The number of carbonyl (C=O) groups excluding carboxylic acids is 3. The van der Waals surface area contributed by atoms with Gasteiger partial charge in [-0.05, 0) is 65.7 Å². The number of hydrogen-bond acceptors (Lipinski definition) is 3. The Labute approximate surface area is 186 Å². The van der Waals surface area contributed by atoms with Gasteiger partial charge in [0.2, 0.25) is 17.7 Å². The van der Waals surface area contributed by atoms with E-state index >= 15 is 0 Å². The number of hydrogen-bond donors (Lipinski definition) is 3. The van der Waals surface area contributed by atoms with Crippen molar-refractivity contribution in [2.75, 3.05) is 0 Å². The summed E-state index contributed by atoms with van der Waals surface area (Å²) in [6, 6.07) is 6.96. The molecule has 31 heavy (non-hydrogen) atoms. The van der Waals surface area contributed by atoms with Gasteiger partial charge < -0.3 is 16.4 Å². The first-order chi connectivity index (χ1) is 14.2. The van der Waals surface area contributed by atoms with Crippen LogP contribution in [0.15, 0.2) is 24.3 Å². The Morgan fingerprint density at radius 2 is 1.61 bits per heavy atom. The number of carbonyl (C=O) groups is 3. The molecule has 1 aromatic rings. The molecule has 0 saturated heterocycles. The monoisotopic (exact) mass is 427 g/mol. The summed E-state index contributed by atoms with van der Waals surface area (Å²) in [6.45, 7) is 13.5. The molecule has 6 heteroatoms. The van der Waals surface area contributed by atoms with Gasteiger partial charge in [-0.2, -0.15) is 0 Å². The largest absolute Gasteiger partial charge is 0.369 e. The van der Waals surface area contributed by atoms with E-state index < -0.39 is 23.4 Å². The smallest absolute Gasteiger partial charge is 0.243 e. The van der Waals surface area contributed by atoms with E-state index in [0.29, 0.717) is 12.8 Å². The van der Waals surface area contributed by atoms with E-state index in [9.17, 15) is 14.4 Å². The Morgan fingerprint density at radius 1 is 1.03 bits per heavy atom. The second kappa shape index (κ2) is 11.0. The molecule has 170 valence electrons. The summed E-state index contributed by atoms with van der Waals surface area (Å²) < 4.78 is 0. The maximum Gasteiger partial charge on any atom is 0.243 e. The van der Waals surface area contributed by atoms with Gasteiger partial charge in [-0.1, -0.05) is 30.9 Å². The van der Waals surface area contributed by atoms with Crippen LogP contribution in [0.2, 0.25) is 0 Å². The molecule has 0 aliphatic carbocycles. The normalized spacial score (nSPS) is 13.4. The van der Waals surface area contributed by atoms with Gasteiger partial charge in [-0.3, -0.25) is 14.4 Å². The maximum absolute atomic E-state index is 12.8. The number of nitrogens with one attached hydrogen (secondary N) is 2. The van der Waals surface area contributed by atoms with Gasteiger partial charge in [0.1, 0.15) is 6.04 Å². The topological polar surface area (TPSA) is 101 Å². The standard InChI is InChI=1S/C25H37N3O3/c1-17(22(26)30)8-13-21(29)27-20(23(31)28-25(5,6)7)16-19-11-9-18(10-12-19)14-15-24(2,3)4/h9-12,17,20H,8,13,16H2,1-7H3,(H2,26,30)(H,27,29)(H,28,31). The van der Waals surface area contributed by atoms with Crippen molar-refractivity contribution < 1.29 is 14.4 Å². The van der Waals surface area contributed by atoms with Crippen LogP contribution in [0.1, 0.15) is 72.4 Å². The van der Waals surface area contributed by atoms with Gasteiger partial charge in [-0.15, -0.1) is 0 Å². The summed E-state index contributed by atoms with van der Waals surface area (Å²) in [5, 5.41) is 5.74. The summed E-state index contributed by atoms with van der Waals surface area (Å²) >= 11 is 0. The van der Waals surface area contributed by atoms with Crippen LogP contribution in [-0.4, -0.2) is 29.3 Å². The number of amides is 3. The van der Waals surface area contributed by atoms with Crippen LogP contribution in [0.4, 0.5) is 0 Å². The van der Waals surface area contributed by atoms with Crippen molar-refractivity contribution in [2.45, 2.75) is 79.3 Å². The second-order valence-electron chi connectivity index (χ2n) is 10.1. The highest BCUT2D eigenvalue weighted by Gasteiger charge is 2.25. The molecule has 1 aromatic carbocycles. The van der Waals surface area contributed by atoms with Crippen LogP contribution in [-0.2, 0) is 20.8 Å². The molecular weight excluding hydrogens is 390 g/mol. The van der Waals surface area contributed by atoms with E-state index in [4.69, 9.17) is 5.73 Å². The van der Waals surface area contributed by atoms with Crippen LogP contribution in [0, 0.1) is 23.2 Å². The average Bonchev–Trinajstić information content (AvgIpc) is 2.62. The number of benzene rings is 1. The molecule has 2 atom stereocenters. The highest BCUT2D eigenvalue weighted by molar-refractivity contribution is 5.88. The van der Waals surface area contributed by atoms with E-state index in [1.807, 2.05) is 45.0 Å². The van der Waals surface area contributed by atoms with Crippen molar-refractivity contribution in [3.63, 3.8) is 0 Å². The third-order valence-electron chi connectivity index (χ3n) is 4.42. The quantitative estimate of drug-likeness (QED) is 0.556. The first-order valence-electron chi connectivity index (χ1n) is 10.7. The molecule has 0 saturated carbocycles. The first kappa shape index (κ1) is 26.2. The molecule has 3 amide bonds. The van der Waals surface area contributed by atoms with Crippen molar-refractivity contribution >= 4 is 17.7 Å². The first-order valence-corrected chi connectivity index (χ1v) is 10.7. The summed E-state index contributed by atoms with van der Waals surface area (Å²) in [5.74, 6) is 4.98. The zero-order valence-corrected chi connectivity index (χ0v) is 19.9. The lowest BCUT2D eigenvalue weighted by Crippen LogP contribution is -2.53. The Hall–Kier alpha value is -2.81. The highest BCUT2D eigenvalue weighted by Crippen LogP contribution is 2.13. The molecule has 0 bridgehead atoms. The number of rotatable bonds is 8. The fraction of sp³-hybridized carbons (Fsp3) is 0.560. The van der Waals surface area contributed by atoms with Crippen LogP contribution in [0.25, 0.3) is 0 Å². The third-order valence-corrected chi connectivity index (χ3v) is 4.42. The fourth-order valence-electron chi connectivity index (χ4n) is 2.64. The zero-order valence-electron chi connectivity index (χ0n) is 19.9. The Kier molecular flexibility index (Phi) is 9.30. The summed E-state index contributed by atoms with van der Waals surface area (Å²) in [6.07, 6.45) is 0.826. The van der Waals surface area contributed by atoms with Crippen molar-refractivity contribution in [1.29, 1.82) is 0 Å². The van der Waals surface area contributed by atoms with Crippen molar-refractivity contribution in [1.82, 2.24) is 10.6 Å². The Morgan fingerprint density at radius 3 is 2.10 bits per heavy atom. The van der Waals surface area contributed by atoms with Crippen LogP contribution in [0.5, 0.6) is 0 Å². The van der Waals surface area contributed by atoms with Gasteiger partial charge in [0.05, 0.1) is 0 Å². The fourth-order valence-corrected chi connectivity index (χ4v) is 2.64. The zero-order chi connectivity index (χ0) is 23.8. The molecular formula is C25H37N3O3. The van der Waals surface area contributed by atoms with Gasteiger partial charge in [-0.25, -0.2) is 0 Å². The molecule has 0 heterocycles. The molecule has 2 unspecified atom stereocenters. The van der Waals surface area contributed by atoms with Gasteiger partial charge in [0.25, 0.3) is 0 Å². The molecule has 0 aromatic heterocycles. The van der Waals surface area contributed by atoms with Crippen molar-refractivity contribution in [2.24, 2.45) is 17.1 Å². The number of primary amides is 1. The van der Waals surface area contributed by atoms with Crippen LogP contribution < -0.4 is 16.4 Å². The SMILES string of the molecule is CC(CCC(=O)NC(Cc1ccc(C#CC(C)(C)C)cc1)C(=O)NC(C)(C)C)C(N)=O. The van der Waals surface area contributed by atoms with E-state index in [0.717, 1.165) is 11.1 Å². The second-order valence-corrected chi connectivity index (χ2v) is 10.1. The van der Waals surface area contributed by atoms with E-state index in [1.165, 1.54) is 0 Å². The summed E-state index contributed by atoms with van der Waals surface area (Å²) in [4.78, 5) is 36.4. The lowest BCUT2D eigenvalue weighted by atomic mass is 9.97. The van der Waals surface area contributed by atoms with Gasteiger partial charge in [0, 0.05) is 35.3 Å². The average molecular weight is 428 g/mol. The Bertz CT molecular complexity index is 834. The highest BCUT2D eigenvalue weighted by atomic mass is 16.2. The molecule has 0 aliphatic rings. The molecule has 1 rings (SSSR count). The van der Waals surface area contributed by atoms with Crippen molar-refractivity contribution in [3.8, 4) is 11.8 Å². The van der Waals surface area contributed by atoms with E-state index in [2.05, 4.69) is 43.2 Å². The third kappa shape index (κ3) is 11.2. The minimum Gasteiger partial charge on any atom is -0.369 e. The van der Waals surface area contributed by atoms with E-state index in [1.54, 1.807) is 6.92 Å². The van der Waals surface area contributed by atoms with Crippen molar-refractivity contribution in [3.05, 3.63) is 35.4 Å². The Balaban J connectivity index is 2.91. The van der Waals surface area contributed by atoms with Crippen LogP contribution >= 0.6 is 0 Å².